The fraction of sp³-hybridized carbons (Fsp3) is 0.684. The molecule has 1 aromatic rings. The molecule has 20 heavy (non-hydrogen) atoms. The molecule has 3 rings (SSSR count). The van der Waals surface area contributed by atoms with Crippen LogP contribution in [0.5, 0.6) is 0 Å². The normalized spacial score (nSPS) is 19.9. The molecular weight excluding hydrogens is 242 g/mol. The Hall–Kier alpha value is -0.820. The van der Waals surface area contributed by atoms with E-state index in [1.165, 1.54) is 63.7 Å². The predicted molar refractivity (Wildman–Crippen MR) is 88.1 cm³/mol. The number of benzene rings is 1. The molecule has 0 aromatic heterocycles. The van der Waals surface area contributed by atoms with Gasteiger partial charge in [-0.05, 0) is 48.8 Å². The Morgan fingerprint density at radius 2 is 1.85 bits per heavy atom. The summed E-state index contributed by atoms with van der Waals surface area (Å²) in [6, 6.07) is 6.81. The first-order chi connectivity index (χ1) is 9.83. The van der Waals surface area contributed by atoms with Crippen LogP contribution in [0.4, 0.5) is 0 Å². The van der Waals surface area contributed by atoms with Gasteiger partial charge in [0.15, 0.2) is 0 Å². The molecule has 0 saturated heterocycles. The Morgan fingerprint density at radius 3 is 2.60 bits per heavy atom. The molecule has 1 fully saturated rings. The van der Waals surface area contributed by atoms with Gasteiger partial charge >= 0.3 is 0 Å². The van der Waals surface area contributed by atoms with Crippen LogP contribution in [0.1, 0.15) is 62.6 Å². The van der Waals surface area contributed by atoms with Crippen LogP contribution < -0.4 is 0 Å². The van der Waals surface area contributed by atoms with Gasteiger partial charge < -0.3 is 0 Å². The third-order valence-corrected chi connectivity index (χ3v) is 4.82. The van der Waals surface area contributed by atoms with E-state index in [9.17, 15) is 0 Å². The molecule has 1 aromatic carbocycles. The van der Waals surface area contributed by atoms with Crippen molar-refractivity contribution in [3.8, 4) is 0 Å². The van der Waals surface area contributed by atoms with Gasteiger partial charge in [-0.15, -0.1) is 0 Å². The molecule has 1 aliphatic heterocycles. The van der Waals surface area contributed by atoms with Crippen molar-refractivity contribution >= 4 is 0 Å². The lowest BCUT2D eigenvalue weighted by Crippen LogP contribution is -2.35. The van der Waals surface area contributed by atoms with Crippen molar-refractivity contribution in [3.05, 3.63) is 34.9 Å². The monoisotopic (exact) mass is 273 g/mol. The van der Waals surface area contributed by atoms with E-state index in [0.29, 0.717) is 0 Å². The van der Waals surface area contributed by atoms with Crippen LogP contribution in [0, 0.1) is 12.8 Å². The van der Waals surface area contributed by atoms with Crippen molar-refractivity contribution in [3.63, 3.8) is 0 Å². The summed E-state index contributed by atoms with van der Waals surface area (Å²) in [6.45, 7) is 10.1. The van der Waals surface area contributed by atoms with E-state index < -0.39 is 0 Å². The summed E-state index contributed by atoms with van der Waals surface area (Å²) in [6.07, 6.45) is 8.60. The van der Waals surface area contributed by atoms with E-state index in [0.717, 1.165) is 5.92 Å². The molecule has 0 radical (unpaired) electrons. The smallest absolute Gasteiger partial charge is 0.0236 e. The second-order valence-electron chi connectivity index (χ2n) is 6.20. The molecule has 2 aliphatic rings. The third-order valence-electron chi connectivity index (χ3n) is 4.82. The summed E-state index contributed by atoms with van der Waals surface area (Å²) in [5.74, 6) is 0.977. The highest BCUT2D eigenvalue weighted by Gasteiger charge is 2.21. The first kappa shape index (κ1) is 15.6. The standard InChI is InChI=1S/C17H25N.C2H6/c1-14-6-5-9-16-13-18(11-10-17(14)16)12-15-7-3-2-4-8-15;1-2/h5-6,9,15H,2-4,7-8,10-13H2,1H3;1-2H3. The maximum absolute atomic E-state index is 2.69. The summed E-state index contributed by atoms with van der Waals surface area (Å²) in [4.78, 5) is 2.69. The Kier molecular flexibility index (Phi) is 6.09. The van der Waals surface area contributed by atoms with E-state index >= 15 is 0 Å². The van der Waals surface area contributed by atoms with E-state index in [4.69, 9.17) is 0 Å². The van der Waals surface area contributed by atoms with Gasteiger partial charge in [-0.1, -0.05) is 51.3 Å². The molecule has 1 heteroatoms. The fourth-order valence-corrected chi connectivity index (χ4v) is 3.75. The highest BCUT2D eigenvalue weighted by Crippen LogP contribution is 2.27. The number of fused-ring (bicyclic) bond motifs is 1. The summed E-state index contributed by atoms with van der Waals surface area (Å²) in [5, 5.41) is 0. The van der Waals surface area contributed by atoms with Crippen LogP contribution in [0.3, 0.4) is 0 Å². The molecule has 1 nitrogen and oxygen atoms in total. The van der Waals surface area contributed by atoms with Crippen molar-refractivity contribution in [2.75, 3.05) is 13.1 Å². The van der Waals surface area contributed by atoms with Crippen molar-refractivity contribution < 1.29 is 0 Å². The second kappa shape index (κ2) is 7.83. The summed E-state index contributed by atoms with van der Waals surface area (Å²) >= 11 is 0. The minimum Gasteiger partial charge on any atom is -0.298 e. The van der Waals surface area contributed by atoms with Gasteiger partial charge in [0.2, 0.25) is 0 Å². The van der Waals surface area contributed by atoms with Gasteiger partial charge in [0, 0.05) is 19.6 Å². The average molecular weight is 273 g/mol. The number of aryl methyl sites for hydroxylation is 1. The third kappa shape index (κ3) is 3.85. The van der Waals surface area contributed by atoms with Crippen molar-refractivity contribution in [2.45, 2.75) is 65.8 Å². The number of nitrogens with zero attached hydrogens (tertiary/aromatic N) is 1. The van der Waals surface area contributed by atoms with Crippen LogP contribution in [0.2, 0.25) is 0 Å². The molecule has 112 valence electrons. The number of rotatable bonds is 2. The molecule has 1 aliphatic carbocycles. The molecular formula is C19H31N. The van der Waals surface area contributed by atoms with Gasteiger partial charge in [0.25, 0.3) is 0 Å². The number of hydrogen-bond acceptors (Lipinski definition) is 1. The van der Waals surface area contributed by atoms with Gasteiger partial charge in [-0.25, -0.2) is 0 Å². The van der Waals surface area contributed by atoms with Crippen molar-refractivity contribution in [2.24, 2.45) is 5.92 Å². The van der Waals surface area contributed by atoms with E-state index in [-0.39, 0.29) is 0 Å². The fourth-order valence-electron chi connectivity index (χ4n) is 3.75. The molecule has 0 atom stereocenters. The molecule has 0 N–H and O–H groups in total. The summed E-state index contributed by atoms with van der Waals surface area (Å²) in [7, 11) is 0. The topological polar surface area (TPSA) is 3.24 Å². The maximum Gasteiger partial charge on any atom is 0.0236 e. The summed E-state index contributed by atoms with van der Waals surface area (Å²) < 4.78 is 0. The number of hydrogen-bond donors (Lipinski definition) is 0. The van der Waals surface area contributed by atoms with Crippen LogP contribution in [-0.4, -0.2) is 18.0 Å². The molecule has 1 heterocycles. The molecule has 0 amide bonds. The molecule has 0 bridgehead atoms. The quantitative estimate of drug-likeness (QED) is 0.736. The van der Waals surface area contributed by atoms with Gasteiger partial charge in [-0.2, -0.15) is 0 Å². The highest BCUT2D eigenvalue weighted by molar-refractivity contribution is 5.36. The van der Waals surface area contributed by atoms with Crippen LogP contribution in [0.15, 0.2) is 18.2 Å². The zero-order chi connectivity index (χ0) is 14.4. The van der Waals surface area contributed by atoms with Crippen LogP contribution >= 0.6 is 0 Å². The van der Waals surface area contributed by atoms with Gasteiger partial charge in [-0.3, -0.25) is 4.90 Å². The first-order valence-electron chi connectivity index (χ1n) is 8.62. The van der Waals surface area contributed by atoms with E-state index in [2.05, 4.69) is 30.0 Å². The molecule has 0 spiro atoms. The van der Waals surface area contributed by atoms with Crippen LogP contribution in [-0.2, 0) is 13.0 Å². The Balaban J connectivity index is 0.000000704. The Morgan fingerprint density at radius 1 is 1.10 bits per heavy atom. The Labute approximate surface area is 125 Å². The van der Waals surface area contributed by atoms with Crippen molar-refractivity contribution in [1.29, 1.82) is 0 Å². The maximum atomic E-state index is 2.69. The zero-order valence-electron chi connectivity index (χ0n) is 13.6. The first-order valence-corrected chi connectivity index (χ1v) is 8.62. The minimum atomic E-state index is 0.977. The van der Waals surface area contributed by atoms with E-state index in [1.54, 1.807) is 11.1 Å². The highest BCUT2D eigenvalue weighted by atomic mass is 15.1. The van der Waals surface area contributed by atoms with Crippen LogP contribution in [0.25, 0.3) is 0 Å². The van der Waals surface area contributed by atoms with Crippen molar-refractivity contribution in [1.82, 2.24) is 4.90 Å². The van der Waals surface area contributed by atoms with Gasteiger partial charge in [0.1, 0.15) is 0 Å². The minimum absolute atomic E-state index is 0.977. The molecule has 0 unspecified atom stereocenters. The molecule has 1 saturated carbocycles. The van der Waals surface area contributed by atoms with E-state index in [1.807, 2.05) is 13.8 Å². The Bertz CT molecular complexity index is 404. The largest absolute Gasteiger partial charge is 0.298 e. The lowest BCUT2D eigenvalue weighted by molar-refractivity contribution is 0.187. The van der Waals surface area contributed by atoms with Gasteiger partial charge in [0.05, 0.1) is 0 Å². The second-order valence-corrected chi connectivity index (χ2v) is 6.20. The summed E-state index contributed by atoms with van der Waals surface area (Å²) in [5.41, 5.74) is 4.69. The predicted octanol–water partition coefficient (Wildman–Crippen LogP) is 4.96. The lowest BCUT2D eigenvalue weighted by Gasteiger charge is -2.33. The lowest BCUT2D eigenvalue weighted by atomic mass is 9.88. The zero-order valence-corrected chi connectivity index (χ0v) is 13.6. The average Bonchev–Trinajstić information content (AvgIpc) is 2.50. The SMILES string of the molecule is CC.Cc1cccc2c1CCN(CC1CCCCC1)C2.